The highest BCUT2D eigenvalue weighted by molar-refractivity contribution is 6.52. The van der Waals surface area contributed by atoms with Crippen LogP contribution in [-0.4, -0.2) is 26.6 Å². The molecule has 0 bridgehead atoms. The number of hydrogen-bond acceptors (Lipinski definition) is 2. The maximum absolute atomic E-state index is 11.3. The Hall–Kier alpha value is -1.58. The minimum atomic E-state index is -0.444. The third-order valence-electron chi connectivity index (χ3n) is 2.26. The first kappa shape index (κ1) is 8.04. The van der Waals surface area contributed by atoms with Gasteiger partial charge in [0.1, 0.15) is 7.85 Å². The molecule has 4 heteroatoms. The van der Waals surface area contributed by atoms with Gasteiger partial charge in [-0.25, -0.2) is 0 Å². The van der Waals surface area contributed by atoms with Crippen LogP contribution in [0.4, 0.5) is 5.69 Å². The van der Waals surface area contributed by atoms with E-state index in [2.05, 4.69) is 0 Å². The molecule has 0 spiro atoms. The van der Waals surface area contributed by atoms with E-state index in [0.29, 0.717) is 5.56 Å². The molecule has 1 amide bonds. The quantitative estimate of drug-likeness (QED) is 0.376. The Morgan fingerprint density at radius 1 is 1.31 bits per heavy atom. The van der Waals surface area contributed by atoms with E-state index >= 15 is 0 Å². The Balaban J connectivity index is 2.67. The SMILES string of the molecule is Bc1ccc2c(c1)N(C)C(=O)C2=O. The van der Waals surface area contributed by atoms with Crippen LogP contribution in [-0.2, 0) is 4.79 Å². The number of likely N-dealkylation sites (N-methyl/N-ethyl adjacent to an activating group) is 1. The summed E-state index contributed by atoms with van der Waals surface area (Å²) in [4.78, 5) is 24.0. The van der Waals surface area contributed by atoms with Gasteiger partial charge in [0, 0.05) is 7.05 Å². The molecule has 1 aromatic carbocycles. The molecule has 2 rings (SSSR count). The van der Waals surface area contributed by atoms with Crippen molar-refractivity contribution in [1.29, 1.82) is 0 Å². The first-order chi connectivity index (χ1) is 6.11. The minimum Gasteiger partial charge on any atom is -0.308 e. The molecule has 0 fully saturated rings. The van der Waals surface area contributed by atoms with Crippen LogP contribution >= 0.6 is 0 Å². The maximum Gasteiger partial charge on any atom is 0.299 e. The molecule has 1 heterocycles. The van der Waals surface area contributed by atoms with Gasteiger partial charge in [0.05, 0.1) is 11.3 Å². The summed E-state index contributed by atoms with van der Waals surface area (Å²) < 4.78 is 0. The lowest BCUT2D eigenvalue weighted by atomic mass is 9.94. The highest BCUT2D eigenvalue weighted by Crippen LogP contribution is 2.25. The van der Waals surface area contributed by atoms with Crippen molar-refractivity contribution >= 4 is 30.7 Å². The average Bonchev–Trinajstić information content (AvgIpc) is 2.32. The summed E-state index contributed by atoms with van der Waals surface area (Å²) >= 11 is 0. The molecule has 0 saturated heterocycles. The molecule has 3 nitrogen and oxygen atoms in total. The number of carbonyl (C=O) groups excluding carboxylic acids is 2. The smallest absolute Gasteiger partial charge is 0.299 e. The fraction of sp³-hybridized carbons (Fsp3) is 0.111. The van der Waals surface area contributed by atoms with E-state index in [1.54, 1.807) is 13.1 Å². The number of carbonyl (C=O) groups is 2. The first-order valence-corrected chi connectivity index (χ1v) is 4.04. The Morgan fingerprint density at radius 3 is 2.69 bits per heavy atom. The van der Waals surface area contributed by atoms with Gasteiger partial charge in [-0.1, -0.05) is 11.5 Å². The number of anilines is 1. The predicted octanol–water partition coefficient (Wildman–Crippen LogP) is -0.896. The Bertz CT molecular complexity index is 414. The van der Waals surface area contributed by atoms with Crippen LogP contribution in [0.3, 0.4) is 0 Å². The topological polar surface area (TPSA) is 37.4 Å². The molecule has 1 aliphatic rings. The molecule has 0 radical (unpaired) electrons. The third-order valence-corrected chi connectivity index (χ3v) is 2.26. The summed E-state index contributed by atoms with van der Waals surface area (Å²) in [7, 11) is 3.55. The van der Waals surface area contributed by atoms with Crippen LogP contribution in [0.2, 0.25) is 0 Å². The number of fused-ring (bicyclic) bond motifs is 1. The van der Waals surface area contributed by atoms with Gasteiger partial charge < -0.3 is 4.90 Å². The van der Waals surface area contributed by atoms with Crippen molar-refractivity contribution < 1.29 is 9.59 Å². The molecular weight excluding hydrogens is 165 g/mol. The maximum atomic E-state index is 11.3. The van der Waals surface area contributed by atoms with Gasteiger partial charge in [0.2, 0.25) is 0 Å². The van der Waals surface area contributed by atoms with E-state index < -0.39 is 11.7 Å². The predicted molar refractivity (Wildman–Crippen MR) is 52.4 cm³/mol. The lowest BCUT2D eigenvalue weighted by Gasteiger charge is -2.08. The molecule has 0 unspecified atom stereocenters. The van der Waals surface area contributed by atoms with Crippen LogP contribution in [0.25, 0.3) is 0 Å². The van der Waals surface area contributed by atoms with Gasteiger partial charge in [-0.3, -0.25) is 9.59 Å². The summed E-state index contributed by atoms with van der Waals surface area (Å²) in [6.07, 6.45) is 0. The van der Waals surface area contributed by atoms with Crippen LogP contribution < -0.4 is 10.4 Å². The Morgan fingerprint density at radius 2 is 2.00 bits per heavy atom. The number of amides is 1. The first-order valence-electron chi connectivity index (χ1n) is 4.04. The van der Waals surface area contributed by atoms with Crippen molar-refractivity contribution in [1.82, 2.24) is 0 Å². The molecule has 0 saturated carbocycles. The zero-order chi connectivity index (χ0) is 9.59. The Kier molecular flexibility index (Phi) is 1.52. The average molecular weight is 173 g/mol. The second kappa shape index (κ2) is 2.45. The van der Waals surface area contributed by atoms with E-state index in [1.165, 1.54) is 4.90 Å². The summed E-state index contributed by atoms with van der Waals surface area (Å²) in [5.74, 6) is -0.849. The highest BCUT2D eigenvalue weighted by atomic mass is 16.2. The van der Waals surface area contributed by atoms with Crippen molar-refractivity contribution in [3.05, 3.63) is 23.8 Å². The minimum absolute atomic E-state index is 0.405. The summed E-state index contributed by atoms with van der Waals surface area (Å²) in [5.41, 5.74) is 2.28. The molecule has 64 valence electrons. The van der Waals surface area contributed by atoms with Gasteiger partial charge in [-0.2, -0.15) is 0 Å². The fourth-order valence-corrected chi connectivity index (χ4v) is 1.49. The molecule has 0 aliphatic carbocycles. The van der Waals surface area contributed by atoms with Crippen molar-refractivity contribution in [2.75, 3.05) is 11.9 Å². The van der Waals surface area contributed by atoms with Gasteiger partial charge in [-0.15, -0.1) is 0 Å². The number of hydrogen-bond donors (Lipinski definition) is 0. The number of benzene rings is 1. The zero-order valence-corrected chi connectivity index (χ0v) is 7.50. The van der Waals surface area contributed by atoms with Gasteiger partial charge in [-0.05, 0) is 12.1 Å². The summed E-state index contributed by atoms with van der Waals surface area (Å²) in [5, 5.41) is 0. The number of rotatable bonds is 0. The molecule has 0 atom stereocenters. The summed E-state index contributed by atoms with van der Waals surface area (Å²) in [6, 6.07) is 5.38. The molecule has 0 aromatic heterocycles. The van der Waals surface area contributed by atoms with E-state index in [0.717, 1.165) is 11.2 Å². The standard InChI is InChI=1S/C9H8BNO2/c1-11-7-4-5(10)2-3-6(7)8(12)9(11)13/h2-4H,10H2,1H3. The number of Topliss-reactive ketones (excluding diaryl/α,β-unsaturated/α-hetero) is 1. The summed E-state index contributed by atoms with van der Waals surface area (Å²) in [6.45, 7) is 0. The van der Waals surface area contributed by atoms with Crippen LogP contribution in [0.5, 0.6) is 0 Å². The molecule has 1 aromatic rings. The monoisotopic (exact) mass is 173 g/mol. The van der Waals surface area contributed by atoms with Crippen molar-refractivity contribution in [2.45, 2.75) is 0 Å². The second-order valence-corrected chi connectivity index (χ2v) is 3.21. The lowest BCUT2D eigenvalue weighted by Crippen LogP contribution is -2.25. The van der Waals surface area contributed by atoms with Gasteiger partial charge in [0.25, 0.3) is 11.7 Å². The van der Waals surface area contributed by atoms with Crippen LogP contribution in [0.1, 0.15) is 10.4 Å². The lowest BCUT2D eigenvalue weighted by molar-refractivity contribution is -0.114. The zero-order valence-electron chi connectivity index (χ0n) is 7.50. The number of ketones is 1. The molecule has 1 aliphatic heterocycles. The Labute approximate surface area is 76.8 Å². The third kappa shape index (κ3) is 0.984. The van der Waals surface area contributed by atoms with E-state index in [4.69, 9.17) is 0 Å². The van der Waals surface area contributed by atoms with E-state index in [9.17, 15) is 9.59 Å². The largest absolute Gasteiger partial charge is 0.308 e. The van der Waals surface area contributed by atoms with E-state index in [1.807, 2.05) is 20.0 Å². The van der Waals surface area contributed by atoms with Gasteiger partial charge >= 0.3 is 0 Å². The van der Waals surface area contributed by atoms with Crippen molar-refractivity contribution in [2.24, 2.45) is 0 Å². The van der Waals surface area contributed by atoms with Crippen molar-refractivity contribution in [3.63, 3.8) is 0 Å². The molecule has 13 heavy (non-hydrogen) atoms. The molecular formula is C9H8BNO2. The fourth-order valence-electron chi connectivity index (χ4n) is 1.49. The normalized spacial score (nSPS) is 15.0. The highest BCUT2D eigenvalue weighted by Gasteiger charge is 2.32. The van der Waals surface area contributed by atoms with Crippen LogP contribution in [0, 0.1) is 0 Å². The molecule has 0 N–H and O–H groups in total. The van der Waals surface area contributed by atoms with Crippen LogP contribution in [0.15, 0.2) is 18.2 Å². The van der Waals surface area contributed by atoms with Gasteiger partial charge in [0.15, 0.2) is 0 Å². The second-order valence-electron chi connectivity index (χ2n) is 3.21. The number of nitrogens with zero attached hydrogens (tertiary/aromatic N) is 1. The van der Waals surface area contributed by atoms with E-state index in [-0.39, 0.29) is 0 Å². The van der Waals surface area contributed by atoms with Crippen molar-refractivity contribution in [3.8, 4) is 0 Å².